The third-order valence-electron chi connectivity index (χ3n) is 2.20. The average molecular weight is 246 g/mol. The fraction of sp³-hybridized carbons (Fsp3) is 0.0833. The lowest BCUT2D eigenvalue weighted by Gasteiger charge is -2.04. The minimum atomic E-state index is -0.590. The number of amides is 1. The van der Waals surface area contributed by atoms with E-state index in [9.17, 15) is 9.18 Å². The summed E-state index contributed by atoms with van der Waals surface area (Å²) in [5, 5.41) is 2.59. The summed E-state index contributed by atoms with van der Waals surface area (Å²) in [5.41, 5.74) is 7.08. The second-order valence-corrected chi connectivity index (χ2v) is 3.68. The van der Waals surface area contributed by atoms with Crippen LogP contribution in [0.5, 0.6) is 0 Å². The van der Waals surface area contributed by atoms with E-state index in [1.54, 1.807) is 12.1 Å². The molecule has 18 heavy (non-hydrogen) atoms. The summed E-state index contributed by atoms with van der Waals surface area (Å²) in [6, 6.07) is 5.97. The van der Waals surface area contributed by atoms with Gasteiger partial charge in [0.1, 0.15) is 0 Å². The fourth-order valence-electron chi connectivity index (χ4n) is 1.36. The van der Waals surface area contributed by atoms with Crippen LogP contribution < -0.4 is 11.1 Å². The van der Waals surface area contributed by atoms with E-state index in [4.69, 9.17) is 5.73 Å². The molecule has 5 nitrogen and oxygen atoms in total. The summed E-state index contributed by atoms with van der Waals surface area (Å²) in [5.74, 6) is -0.839. The van der Waals surface area contributed by atoms with Gasteiger partial charge >= 0.3 is 0 Å². The molecule has 2 heterocycles. The number of nitrogen functional groups attached to an aromatic ring is 1. The van der Waals surface area contributed by atoms with Gasteiger partial charge in [0.2, 0.25) is 11.9 Å². The van der Waals surface area contributed by atoms with Gasteiger partial charge in [-0.05, 0) is 24.3 Å². The summed E-state index contributed by atoms with van der Waals surface area (Å²) in [6.45, 7) is 0. The van der Waals surface area contributed by atoms with Gasteiger partial charge in [-0.3, -0.25) is 9.78 Å². The molecule has 6 heteroatoms. The van der Waals surface area contributed by atoms with Gasteiger partial charge in [-0.15, -0.1) is 0 Å². The van der Waals surface area contributed by atoms with E-state index in [0.29, 0.717) is 17.1 Å². The molecule has 0 fully saturated rings. The van der Waals surface area contributed by atoms with Crippen LogP contribution in [-0.2, 0) is 11.2 Å². The minimum Gasteiger partial charge on any atom is -0.397 e. The Morgan fingerprint density at radius 1 is 1.22 bits per heavy atom. The number of halogens is 1. The first-order valence-corrected chi connectivity index (χ1v) is 5.25. The monoisotopic (exact) mass is 246 g/mol. The lowest BCUT2D eigenvalue weighted by molar-refractivity contribution is -0.115. The Bertz CT molecular complexity index is 490. The van der Waals surface area contributed by atoms with E-state index >= 15 is 0 Å². The summed E-state index contributed by atoms with van der Waals surface area (Å²) < 4.78 is 12.6. The summed E-state index contributed by atoms with van der Waals surface area (Å²) in [7, 11) is 0. The van der Waals surface area contributed by atoms with Gasteiger partial charge in [0.05, 0.1) is 30.2 Å². The molecular formula is C12H11FN4O. The first kappa shape index (κ1) is 12.0. The maximum Gasteiger partial charge on any atom is 0.230 e. The average Bonchev–Trinajstić information content (AvgIpc) is 2.35. The van der Waals surface area contributed by atoms with Crippen LogP contribution in [0.2, 0.25) is 0 Å². The van der Waals surface area contributed by atoms with Gasteiger partial charge in [-0.25, -0.2) is 4.98 Å². The number of nitrogens with zero attached hydrogens (tertiary/aromatic N) is 2. The molecule has 0 aliphatic heterocycles. The van der Waals surface area contributed by atoms with Crippen LogP contribution in [0, 0.1) is 5.95 Å². The molecule has 0 saturated carbocycles. The fourth-order valence-corrected chi connectivity index (χ4v) is 1.36. The molecule has 0 radical (unpaired) electrons. The molecular weight excluding hydrogens is 235 g/mol. The number of pyridine rings is 2. The van der Waals surface area contributed by atoms with Crippen molar-refractivity contribution in [1.82, 2.24) is 9.97 Å². The number of anilines is 2. The molecule has 0 saturated heterocycles. The number of carbonyl (C=O) groups excluding carboxylic acids is 1. The van der Waals surface area contributed by atoms with Gasteiger partial charge in [0.15, 0.2) is 0 Å². The van der Waals surface area contributed by atoms with Crippen molar-refractivity contribution >= 4 is 17.3 Å². The van der Waals surface area contributed by atoms with Crippen LogP contribution in [0.3, 0.4) is 0 Å². The summed E-state index contributed by atoms with van der Waals surface area (Å²) in [6.07, 6.45) is 2.86. The van der Waals surface area contributed by atoms with E-state index in [1.807, 2.05) is 0 Å². The zero-order valence-electron chi connectivity index (χ0n) is 9.43. The van der Waals surface area contributed by atoms with Crippen LogP contribution in [0.25, 0.3) is 0 Å². The summed E-state index contributed by atoms with van der Waals surface area (Å²) in [4.78, 5) is 19.1. The van der Waals surface area contributed by atoms with Crippen molar-refractivity contribution in [2.75, 3.05) is 11.1 Å². The van der Waals surface area contributed by atoms with Gasteiger partial charge in [0, 0.05) is 5.69 Å². The van der Waals surface area contributed by atoms with E-state index in [2.05, 4.69) is 15.3 Å². The van der Waals surface area contributed by atoms with E-state index in [1.165, 1.54) is 24.5 Å². The lowest BCUT2D eigenvalue weighted by atomic mass is 10.2. The van der Waals surface area contributed by atoms with Crippen LogP contribution in [0.1, 0.15) is 5.69 Å². The van der Waals surface area contributed by atoms with Crippen molar-refractivity contribution in [1.29, 1.82) is 0 Å². The highest BCUT2D eigenvalue weighted by atomic mass is 19.1. The predicted molar refractivity (Wildman–Crippen MR) is 65.2 cm³/mol. The van der Waals surface area contributed by atoms with Crippen LogP contribution in [-0.4, -0.2) is 15.9 Å². The zero-order chi connectivity index (χ0) is 13.0. The highest BCUT2D eigenvalue weighted by Crippen LogP contribution is 2.07. The Kier molecular flexibility index (Phi) is 3.47. The third kappa shape index (κ3) is 3.24. The molecule has 0 aromatic carbocycles. The first-order chi connectivity index (χ1) is 8.63. The predicted octanol–water partition coefficient (Wildman–Crippen LogP) is 1.38. The minimum absolute atomic E-state index is 0.123. The van der Waals surface area contributed by atoms with Crippen molar-refractivity contribution in [2.24, 2.45) is 0 Å². The van der Waals surface area contributed by atoms with Crippen LogP contribution in [0.15, 0.2) is 36.7 Å². The number of hydrogen-bond acceptors (Lipinski definition) is 4. The lowest BCUT2D eigenvalue weighted by Crippen LogP contribution is -2.15. The molecule has 0 bridgehead atoms. The normalized spacial score (nSPS) is 10.1. The van der Waals surface area contributed by atoms with E-state index < -0.39 is 5.95 Å². The molecule has 1 amide bonds. The largest absolute Gasteiger partial charge is 0.397 e. The van der Waals surface area contributed by atoms with E-state index in [0.717, 1.165) is 0 Å². The van der Waals surface area contributed by atoms with Crippen molar-refractivity contribution in [2.45, 2.75) is 6.42 Å². The Balaban J connectivity index is 1.96. The Hall–Kier alpha value is -2.50. The maximum absolute atomic E-state index is 12.6. The maximum atomic E-state index is 12.6. The Morgan fingerprint density at radius 3 is 2.67 bits per heavy atom. The Labute approximate surface area is 103 Å². The number of hydrogen-bond donors (Lipinski definition) is 2. The second-order valence-electron chi connectivity index (χ2n) is 3.68. The number of nitrogens with two attached hydrogens (primary N) is 1. The van der Waals surface area contributed by atoms with Gasteiger partial charge in [-0.1, -0.05) is 0 Å². The van der Waals surface area contributed by atoms with Crippen molar-refractivity contribution in [3.63, 3.8) is 0 Å². The van der Waals surface area contributed by atoms with Crippen molar-refractivity contribution < 1.29 is 9.18 Å². The summed E-state index contributed by atoms with van der Waals surface area (Å²) >= 11 is 0. The molecule has 3 N–H and O–H groups in total. The first-order valence-electron chi connectivity index (χ1n) is 5.25. The molecule has 2 rings (SSSR count). The number of nitrogens with one attached hydrogen (secondary N) is 1. The number of aromatic nitrogens is 2. The number of carbonyl (C=O) groups is 1. The Morgan fingerprint density at radius 2 is 2.06 bits per heavy atom. The van der Waals surface area contributed by atoms with Crippen LogP contribution >= 0.6 is 0 Å². The molecule has 0 atom stereocenters. The molecule has 0 aliphatic carbocycles. The standard InChI is InChI=1S/C12H11FN4O/c13-11-4-3-10(7-16-11)17-12(18)5-9-2-1-8(14)6-15-9/h1-4,6-7H,5,14H2,(H,17,18). The van der Waals surface area contributed by atoms with Crippen LogP contribution in [0.4, 0.5) is 15.8 Å². The molecule has 0 aliphatic rings. The molecule has 0 spiro atoms. The third-order valence-corrected chi connectivity index (χ3v) is 2.20. The SMILES string of the molecule is Nc1ccc(CC(=O)Nc2ccc(F)nc2)nc1. The second kappa shape index (κ2) is 5.22. The van der Waals surface area contributed by atoms with E-state index in [-0.39, 0.29) is 12.3 Å². The molecule has 92 valence electrons. The topological polar surface area (TPSA) is 80.9 Å². The highest BCUT2D eigenvalue weighted by molar-refractivity contribution is 5.91. The molecule has 2 aromatic rings. The van der Waals surface area contributed by atoms with Gasteiger partial charge < -0.3 is 11.1 Å². The number of rotatable bonds is 3. The highest BCUT2D eigenvalue weighted by Gasteiger charge is 2.05. The molecule has 2 aromatic heterocycles. The van der Waals surface area contributed by atoms with Gasteiger partial charge in [-0.2, -0.15) is 4.39 Å². The van der Waals surface area contributed by atoms with Crippen molar-refractivity contribution in [3.05, 3.63) is 48.3 Å². The van der Waals surface area contributed by atoms with Crippen molar-refractivity contribution in [3.8, 4) is 0 Å². The zero-order valence-corrected chi connectivity index (χ0v) is 9.43. The smallest absolute Gasteiger partial charge is 0.230 e. The quantitative estimate of drug-likeness (QED) is 0.802. The molecule has 0 unspecified atom stereocenters. The van der Waals surface area contributed by atoms with Gasteiger partial charge in [0.25, 0.3) is 0 Å².